The number of carbonyl (C=O) groups excluding carboxylic acids is 3. The Morgan fingerprint density at radius 1 is 1.05 bits per heavy atom. The Labute approximate surface area is 119 Å². The summed E-state index contributed by atoms with van der Waals surface area (Å²) in [6.07, 6.45) is -0.612. The van der Waals surface area contributed by atoms with Crippen LogP contribution in [0.1, 0.15) is 30.1 Å². The Kier molecular flexibility index (Phi) is 6.45. The van der Waals surface area contributed by atoms with Crippen molar-refractivity contribution in [2.75, 3.05) is 13.2 Å². The van der Waals surface area contributed by atoms with Gasteiger partial charge in [0.05, 0.1) is 18.6 Å². The van der Waals surface area contributed by atoms with E-state index in [4.69, 9.17) is 0 Å². The summed E-state index contributed by atoms with van der Waals surface area (Å²) in [5.41, 5.74) is -0.297. The van der Waals surface area contributed by atoms with E-state index in [1.807, 2.05) is 0 Å². The number of halogens is 2. The fraction of sp³-hybridized carbons (Fsp3) is 0.357. The molecule has 1 aromatic carbocycles. The lowest BCUT2D eigenvalue weighted by Gasteiger charge is -2.05. The minimum atomic E-state index is -0.986. The smallest absolute Gasteiger partial charge is 0.344 e. The summed E-state index contributed by atoms with van der Waals surface area (Å²) in [5.74, 6) is -3.90. The molecule has 0 unspecified atom stereocenters. The average Bonchev–Trinajstić information content (AvgIpc) is 2.43. The summed E-state index contributed by atoms with van der Waals surface area (Å²) in [5, 5.41) is 0. The maximum absolute atomic E-state index is 13.3. The van der Waals surface area contributed by atoms with Crippen molar-refractivity contribution >= 4 is 17.7 Å². The van der Waals surface area contributed by atoms with Crippen LogP contribution in [0, 0.1) is 11.6 Å². The molecule has 0 heterocycles. The number of benzene rings is 1. The van der Waals surface area contributed by atoms with Gasteiger partial charge in [-0.15, -0.1) is 0 Å². The van der Waals surface area contributed by atoms with Gasteiger partial charge in [0.1, 0.15) is 11.6 Å². The molecular formula is C14H14F2O5. The molecule has 0 bridgehead atoms. The Bertz CT molecular complexity index is 542. The van der Waals surface area contributed by atoms with Crippen LogP contribution in [0.3, 0.4) is 0 Å². The van der Waals surface area contributed by atoms with Crippen LogP contribution in [-0.4, -0.2) is 30.9 Å². The van der Waals surface area contributed by atoms with Crippen LogP contribution in [0.4, 0.5) is 8.78 Å². The number of rotatable bonds is 7. The highest BCUT2D eigenvalue weighted by molar-refractivity contribution is 5.97. The van der Waals surface area contributed by atoms with Crippen molar-refractivity contribution in [1.82, 2.24) is 0 Å². The molecule has 0 aromatic heterocycles. The van der Waals surface area contributed by atoms with Gasteiger partial charge in [-0.05, 0) is 19.1 Å². The topological polar surface area (TPSA) is 69.7 Å². The summed E-state index contributed by atoms with van der Waals surface area (Å²) >= 11 is 0. The van der Waals surface area contributed by atoms with Crippen LogP contribution in [0.25, 0.3) is 0 Å². The molecular weight excluding hydrogens is 286 g/mol. The van der Waals surface area contributed by atoms with Crippen LogP contribution in [0.2, 0.25) is 0 Å². The Morgan fingerprint density at radius 3 is 2.38 bits per heavy atom. The first-order valence-electron chi connectivity index (χ1n) is 6.23. The van der Waals surface area contributed by atoms with E-state index >= 15 is 0 Å². The van der Waals surface area contributed by atoms with E-state index in [0.29, 0.717) is 6.07 Å². The number of Topliss-reactive ketones (excluding diaryl/α,β-unsaturated/α-hetero) is 1. The highest BCUT2D eigenvalue weighted by atomic mass is 19.1. The van der Waals surface area contributed by atoms with Crippen molar-refractivity contribution in [3.63, 3.8) is 0 Å². The number of esters is 2. The van der Waals surface area contributed by atoms with Crippen molar-refractivity contribution in [1.29, 1.82) is 0 Å². The first-order valence-corrected chi connectivity index (χ1v) is 6.23. The molecule has 0 saturated carbocycles. The Balaban J connectivity index is 2.42. The third-order valence-electron chi connectivity index (χ3n) is 2.44. The van der Waals surface area contributed by atoms with Gasteiger partial charge in [0.2, 0.25) is 0 Å². The summed E-state index contributed by atoms with van der Waals surface area (Å²) in [6.45, 7) is 1.24. The van der Waals surface area contributed by atoms with Crippen LogP contribution in [0.5, 0.6) is 0 Å². The molecule has 0 radical (unpaired) electrons. The predicted molar refractivity (Wildman–Crippen MR) is 67.5 cm³/mol. The van der Waals surface area contributed by atoms with Crippen molar-refractivity contribution < 1.29 is 32.6 Å². The van der Waals surface area contributed by atoms with E-state index in [0.717, 1.165) is 12.1 Å². The molecule has 0 spiro atoms. The van der Waals surface area contributed by atoms with Crippen molar-refractivity contribution in [2.24, 2.45) is 0 Å². The minimum absolute atomic E-state index is 0.165. The molecule has 0 aliphatic rings. The Morgan fingerprint density at radius 2 is 1.76 bits per heavy atom. The summed E-state index contributed by atoms with van der Waals surface area (Å²) < 4.78 is 35.1. The SMILES string of the molecule is CCOC(=O)COC(=O)CCC(=O)c1ccc(F)cc1F. The molecule has 0 aliphatic heterocycles. The van der Waals surface area contributed by atoms with Crippen molar-refractivity contribution in [3.8, 4) is 0 Å². The largest absolute Gasteiger partial charge is 0.463 e. The highest BCUT2D eigenvalue weighted by Gasteiger charge is 2.15. The summed E-state index contributed by atoms with van der Waals surface area (Å²) in [7, 11) is 0. The average molecular weight is 300 g/mol. The van der Waals surface area contributed by atoms with Gasteiger partial charge in [-0.25, -0.2) is 13.6 Å². The number of ketones is 1. The summed E-state index contributed by atoms with van der Waals surface area (Å²) in [6, 6.07) is 2.55. The molecule has 5 nitrogen and oxygen atoms in total. The van der Waals surface area contributed by atoms with E-state index in [2.05, 4.69) is 9.47 Å². The van der Waals surface area contributed by atoms with Gasteiger partial charge in [-0.3, -0.25) is 9.59 Å². The second kappa shape index (κ2) is 8.08. The minimum Gasteiger partial charge on any atom is -0.463 e. The van der Waals surface area contributed by atoms with Gasteiger partial charge in [0.15, 0.2) is 12.4 Å². The van der Waals surface area contributed by atoms with Gasteiger partial charge in [-0.1, -0.05) is 0 Å². The zero-order chi connectivity index (χ0) is 15.8. The third kappa shape index (κ3) is 5.68. The maximum Gasteiger partial charge on any atom is 0.344 e. The quantitative estimate of drug-likeness (QED) is 0.569. The molecule has 0 saturated heterocycles. The van der Waals surface area contributed by atoms with E-state index in [1.54, 1.807) is 6.92 Å². The lowest BCUT2D eigenvalue weighted by atomic mass is 10.1. The maximum atomic E-state index is 13.3. The second-order valence-electron chi connectivity index (χ2n) is 4.01. The third-order valence-corrected chi connectivity index (χ3v) is 2.44. The molecule has 0 atom stereocenters. The molecule has 1 aromatic rings. The zero-order valence-electron chi connectivity index (χ0n) is 11.4. The Hall–Kier alpha value is -2.31. The molecule has 0 N–H and O–H groups in total. The highest BCUT2D eigenvalue weighted by Crippen LogP contribution is 2.13. The van der Waals surface area contributed by atoms with E-state index in [1.165, 1.54) is 0 Å². The van der Waals surface area contributed by atoms with Crippen molar-refractivity contribution in [2.45, 2.75) is 19.8 Å². The monoisotopic (exact) mass is 300 g/mol. The second-order valence-corrected chi connectivity index (χ2v) is 4.01. The number of ether oxygens (including phenoxy) is 2. The molecule has 0 amide bonds. The van der Waals surface area contributed by atoms with Crippen LogP contribution < -0.4 is 0 Å². The number of hydrogen-bond donors (Lipinski definition) is 0. The molecule has 1 rings (SSSR count). The molecule has 7 heteroatoms. The first kappa shape index (κ1) is 16.7. The normalized spacial score (nSPS) is 10.0. The van der Waals surface area contributed by atoms with E-state index in [-0.39, 0.29) is 25.0 Å². The fourth-order valence-corrected chi connectivity index (χ4v) is 1.48. The van der Waals surface area contributed by atoms with Gasteiger partial charge in [-0.2, -0.15) is 0 Å². The molecule has 21 heavy (non-hydrogen) atoms. The van der Waals surface area contributed by atoms with E-state index < -0.39 is 36.0 Å². The zero-order valence-corrected chi connectivity index (χ0v) is 11.4. The molecule has 114 valence electrons. The number of carbonyl (C=O) groups is 3. The predicted octanol–water partition coefficient (Wildman–Crippen LogP) is 2.03. The standard InChI is InChI=1S/C14H14F2O5/c1-2-20-14(19)8-21-13(18)6-5-12(17)10-4-3-9(15)7-11(10)16/h3-4,7H,2,5-6,8H2,1H3. The lowest BCUT2D eigenvalue weighted by Crippen LogP contribution is -2.17. The van der Waals surface area contributed by atoms with Gasteiger partial charge < -0.3 is 9.47 Å². The van der Waals surface area contributed by atoms with E-state index in [9.17, 15) is 23.2 Å². The fourth-order valence-electron chi connectivity index (χ4n) is 1.48. The van der Waals surface area contributed by atoms with Gasteiger partial charge >= 0.3 is 11.9 Å². The van der Waals surface area contributed by atoms with Gasteiger partial charge in [0, 0.05) is 12.5 Å². The summed E-state index contributed by atoms with van der Waals surface area (Å²) in [4.78, 5) is 33.9. The van der Waals surface area contributed by atoms with Crippen LogP contribution in [-0.2, 0) is 19.1 Å². The lowest BCUT2D eigenvalue weighted by molar-refractivity contribution is -0.158. The van der Waals surface area contributed by atoms with Gasteiger partial charge in [0.25, 0.3) is 0 Å². The van der Waals surface area contributed by atoms with Crippen molar-refractivity contribution in [3.05, 3.63) is 35.4 Å². The molecule has 0 aliphatic carbocycles. The van der Waals surface area contributed by atoms with Crippen LogP contribution >= 0.6 is 0 Å². The number of hydrogen-bond acceptors (Lipinski definition) is 5. The molecule has 0 fully saturated rings. The first-order chi connectivity index (χ1) is 9.93. The van der Waals surface area contributed by atoms with Crippen LogP contribution in [0.15, 0.2) is 18.2 Å².